The molecule has 1 aliphatic rings. The molecule has 0 saturated carbocycles. The van der Waals surface area contributed by atoms with Crippen LogP contribution in [0.4, 0.5) is 11.4 Å². The van der Waals surface area contributed by atoms with E-state index in [9.17, 15) is 28.1 Å². The molecule has 1 amide bonds. The minimum atomic E-state index is -3.58. The van der Waals surface area contributed by atoms with Crippen LogP contribution in [0, 0.1) is 16.0 Å². The summed E-state index contributed by atoms with van der Waals surface area (Å²) in [4.78, 5) is 35.4. The number of thiophene rings is 1. The number of benzene rings is 1. The van der Waals surface area contributed by atoms with Crippen LogP contribution in [0.25, 0.3) is 0 Å². The highest BCUT2D eigenvalue weighted by Gasteiger charge is 2.34. The van der Waals surface area contributed by atoms with E-state index in [-0.39, 0.29) is 47.3 Å². The number of nitrogens with zero attached hydrogens (tertiary/aromatic N) is 2. The molecule has 1 aromatic heterocycles. The molecule has 2 aromatic rings. The molecular formula is C20H23N3O8S2. The summed E-state index contributed by atoms with van der Waals surface area (Å²) in [5, 5.41) is 15.1. The molecule has 0 bridgehead atoms. The second-order valence-corrected chi connectivity index (χ2v) is 10.4. The number of hydrogen-bond acceptors (Lipinski definition) is 9. The van der Waals surface area contributed by atoms with Gasteiger partial charge in [0.2, 0.25) is 0 Å². The Morgan fingerprint density at radius 1 is 1.27 bits per heavy atom. The van der Waals surface area contributed by atoms with Crippen LogP contribution in [0.1, 0.15) is 19.8 Å². The summed E-state index contributed by atoms with van der Waals surface area (Å²) in [6.07, 6.45) is -0.623. The molecule has 11 nitrogen and oxygen atoms in total. The number of methoxy groups -OCH3 is 1. The molecule has 0 spiro atoms. The number of rotatable bonds is 8. The predicted octanol–water partition coefficient (Wildman–Crippen LogP) is 2.64. The zero-order valence-electron chi connectivity index (χ0n) is 17.9. The minimum absolute atomic E-state index is 0.0756. The van der Waals surface area contributed by atoms with Crippen molar-refractivity contribution in [3.05, 3.63) is 45.8 Å². The first-order valence-electron chi connectivity index (χ1n) is 10.0. The van der Waals surface area contributed by atoms with Crippen molar-refractivity contribution in [2.45, 2.75) is 30.1 Å². The second-order valence-electron chi connectivity index (χ2n) is 7.32. The molecule has 1 unspecified atom stereocenters. The number of carbonyl (C=O) groups excluding carboxylic acids is 2. The van der Waals surface area contributed by atoms with Gasteiger partial charge in [-0.1, -0.05) is 6.07 Å². The number of non-ortho nitro benzene ring substituents is 1. The van der Waals surface area contributed by atoms with Crippen LogP contribution in [0.3, 0.4) is 0 Å². The number of amides is 1. The van der Waals surface area contributed by atoms with E-state index < -0.39 is 38.8 Å². The van der Waals surface area contributed by atoms with Gasteiger partial charge in [0.1, 0.15) is 9.96 Å². The van der Waals surface area contributed by atoms with E-state index in [1.54, 1.807) is 11.4 Å². The molecule has 33 heavy (non-hydrogen) atoms. The number of anilines is 1. The number of nitro groups is 1. The summed E-state index contributed by atoms with van der Waals surface area (Å²) in [6.45, 7) is 1.73. The summed E-state index contributed by atoms with van der Waals surface area (Å²) in [7, 11) is -2.23. The third-order valence-corrected chi connectivity index (χ3v) is 8.46. The van der Waals surface area contributed by atoms with Gasteiger partial charge in [0, 0.05) is 25.2 Å². The molecule has 178 valence electrons. The number of ether oxygens (including phenoxy) is 2. The fourth-order valence-electron chi connectivity index (χ4n) is 3.33. The lowest BCUT2D eigenvalue weighted by Crippen LogP contribution is -2.41. The molecule has 3 rings (SSSR count). The first kappa shape index (κ1) is 24.6. The van der Waals surface area contributed by atoms with Crippen molar-refractivity contribution in [3.63, 3.8) is 0 Å². The maximum atomic E-state index is 12.6. The molecule has 1 aromatic carbocycles. The summed E-state index contributed by atoms with van der Waals surface area (Å²) in [5.74, 6) is -1.61. The van der Waals surface area contributed by atoms with Gasteiger partial charge in [-0.15, -0.1) is 11.3 Å². The Morgan fingerprint density at radius 2 is 1.97 bits per heavy atom. The lowest BCUT2D eigenvalue weighted by molar-refractivity contribution is -0.384. The normalized spacial score (nSPS) is 16.1. The van der Waals surface area contributed by atoms with E-state index in [2.05, 4.69) is 5.32 Å². The van der Waals surface area contributed by atoms with Crippen LogP contribution in [0.5, 0.6) is 5.75 Å². The zero-order valence-corrected chi connectivity index (χ0v) is 19.6. The Balaban J connectivity index is 1.56. The van der Waals surface area contributed by atoms with E-state index in [4.69, 9.17) is 9.47 Å². The van der Waals surface area contributed by atoms with Crippen LogP contribution in [-0.2, 0) is 24.3 Å². The van der Waals surface area contributed by atoms with Crippen molar-refractivity contribution in [2.24, 2.45) is 5.92 Å². The van der Waals surface area contributed by atoms with Crippen molar-refractivity contribution in [3.8, 4) is 5.75 Å². The Hall–Kier alpha value is -3.03. The van der Waals surface area contributed by atoms with Crippen LogP contribution in [0.2, 0.25) is 0 Å². The first-order valence-corrected chi connectivity index (χ1v) is 12.3. The average molecular weight is 498 g/mol. The van der Waals surface area contributed by atoms with Crippen molar-refractivity contribution in [1.82, 2.24) is 4.31 Å². The van der Waals surface area contributed by atoms with Crippen molar-refractivity contribution >= 4 is 44.6 Å². The van der Waals surface area contributed by atoms with Crippen molar-refractivity contribution in [2.75, 3.05) is 25.5 Å². The van der Waals surface area contributed by atoms with Gasteiger partial charge in [0.25, 0.3) is 21.6 Å². The maximum Gasteiger partial charge on any atom is 0.309 e. The topological polar surface area (TPSA) is 145 Å². The van der Waals surface area contributed by atoms with Crippen molar-refractivity contribution in [1.29, 1.82) is 0 Å². The first-order chi connectivity index (χ1) is 15.6. The Labute approximate surface area is 194 Å². The van der Waals surface area contributed by atoms with Crippen LogP contribution < -0.4 is 10.1 Å². The number of carbonyl (C=O) groups is 2. The smallest absolute Gasteiger partial charge is 0.309 e. The summed E-state index contributed by atoms with van der Waals surface area (Å²) in [6, 6.07) is 6.94. The fraction of sp³-hybridized carbons (Fsp3) is 0.400. The highest BCUT2D eigenvalue weighted by atomic mass is 32.2. The van der Waals surface area contributed by atoms with Gasteiger partial charge in [-0.3, -0.25) is 19.7 Å². The highest BCUT2D eigenvalue weighted by Crippen LogP contribution is 2.30. The highest BCUT2D eigenvalue weighted by molar-refractivity contribution is 7.91. The lowest BCUT2D eigenvalue weighted by atomic mass is 9.98. The second kappa shape index (κ2) is 10.3. The minimum Gasteiger partial charge on any atom is -0.495 e. The zero-order chi connectivity index (χ0) is 24.2. The van der Waals surface area contributed by atoms with E-state index in [0.29, 0.717) is 0 Å². The quantitative estimate of drug-likeness (QED) is 0.333. The number of piperidine rings is 1. The average Bonchev–Trinajstić information content (AvgIpc) is 3.35. The molecule has 0 aliphatic carbocycles. The molecule has 1 fully saturated rings. The van der Waals surface area contributed by atoms with Gasteiger partial charge in [-0.2, -0.15) is 4.31 Å². The third kappa shape index (κ3) is 5.67. The largest absolute Gasteiger partial charge is 0.495 e. The molecule has 1 atom stereocenters. The number of sulfonamides is 1. The Kier molecular flexibility index (Phi) is 7.66. The van der Waals surface area contributed by atoms with E-state index in [0.717, 1.165) is 17.4 Å². The molecule has 0 radical (unpaired) electrons. The van der Waals surface area contributed by atoms with Crippen LogP contribution in [-0.4, -0.2) is 55.8 Å². The molecule has 1 saturated heterocycles. The van der Waals surface area contributed by atoms with Gasteiger partial charge >= 0.3 is 5.97 Å². The van der Waals surface area contributed by atoms with Gasteiger partial charge in [-0.05, 0) is 37.3 Å². The molecule has 13 heteroatoms. The predicted molar refractivity (Wildman–Crippen MR) is 120 cm³/mol. The summed E-state index contributed by atoms with van der Waals surface area (Å²) < 4.78 is 37.2. The monoisotopic (exact) mass is 497 g/mol. The SMILES string of the molecule is COc1ccc([N+](=O)[O-])cc1NC(=O)C(C)OC(=O)C1CCN(S(=O)(=O)c2cccs2)CC1. The standard InChI is InChI=1S/C20H23N3O8S2/c1-13(19(24)21-16-12-15(23(26)27)5-6-17(16)30-2)31-20(25)14-7-9-22(10-8-14)33(28,29)18-4-3-11-32-18/h3-6,11-14H,7-10H2,1-2H3,(H,21,24). The van der Waals surface area contributed by atoms with E-state index >= 15 is 0 Å². The molecule has 1 aliphatic heterocycles. The number of hydrogen-bond donors (Lipinski definition) is 1. The van der Waals surface area contributed by atoms with Crippen LogP contribution in [0.15, 0.2) is 39.9 Å². The van der Waals surface area contributed by atoms with Gasteiger partial charge in [-0.25, -0.2) is 8.42 Å². The van der Waals surface area contributed by atoms with Gasteiger partial charge < -0.3 is 14.8 Å². The maximum absolute atomic E-state index is 12.6. The van der Waals surface area contributed by atoms with E-state index in [1.165, 1.54) is 36.5 Å². The fourth-order valence-corrected chi connectivity index (χ4v) is 5.95. The van der Waals surface area contributed by atoms with Gasteiger partial charge in [0.05, 0.1) is 23.6 Å². The summed E-state index contributed by atoms with van der Waals surface area (Å²) >= 11 is 1.14. The molecule has 2 heterocycles. The van der Waals surface area contributed by atoms with Gasteiger partial charge in [0.15, 0.2) is 6.10 Å². The Bertz CT molecular complexity index is 1130. The number of nitrogens with one attached hydrogen (secondary N) is 1. The van der Waals surface area contributed by atoms with Crippen LogP contribution >= 0.6 is 11.3 Å². The lowest BCUT2D eigenvalue weighted by Gasteiger charge is -2.30. The molecule has 1 N–H and O–H groups in total. The van der Waals surface area contributed by atoms with Crippen molar-refractivity contribution < 1.29 is 32.4 Å². The number of esters is 1. The Morgan fingerprint density at radius 3 is 2.55 bits per heavy atom. The summed E-state index contributed by atoms with van der Waals surface area (Å²) in [5.41, 5.74) is -0.160. The molecular weight excluding hydrogens is 474 g/mol. The number of nitro benzene ring substituents is 1. The third-order valence-electron chi connectivity index (χ3n) is 5.19. The van der Waals surface area contributed by atoms with E-state index in [1.807, 2.05) is 0 Å².